The smallest absolute Gasteiger partial charge is 0.141 e. The van der Waals surface area contributed by atoms with E-state index in [1.165, 1.54) is 17.5 Å². The van der Waals surface area contributed by atoms with Crippen LogP contribution >= 0.6 is 0 Å². The van der Waals surface area contributed by atoms with Gasteiger partial charge in [0.15, 0.2) is 0 Å². The molecule has 1 aromatic carbocycles. The molecular formula is C15H22N4. The molecule has 102 valence electrons. The summed E-state index contributed by atoms with van der Waals surface area (Å²) >= 11 is 0. The highest BCUT2D eigenvalue weighted by atomic mass is 15.2. The molecule has 0 amide bonds. The molecule has 0 saturated heterocycles. The van der Waals surface area contributed by atoms with Gasteiger partial charge in [0.1, 0.15) is 12.2 Å². The van der Waals surface area contributed by atoms with Gasteiger partial charge in [0, 0.05) is 6.54 Å². The first-order valence-corrected chi connectivity index (χ1v) is 6.65. The van der Waals surface area contributed by atoms with Crippen molar-refractivity contribution >= 4 is 0 Å². The van der Waals surface area contributed by atoms with Crippen molar-refractivity contribution in [3.8, 4) is 0 Å². The maximum absolute atomic E-state index is 4.15. The van der Waals surface area contributed by atoms with E-state index < -0.39 is 0 Å². The van der Waals surface area contributed by atoms with E-state index in [-0.39, 0.29) is 11.5 Å². The van der Waals surface area contributed by atoms with Gasteiger partial charge >= 0.3 is 0 Å². The van der Waals surface area contributed by atoms with Gasteiger partial charge in [-0.1, -0.05) is 45.0 Å². The van der Waals surface area contributed by atoms with E-state index in [0.717, 1.165) is 12.4 Å². The Morgan fingerprint density at radius 3 is 2.42 bits per heavy atom. The van der Waals surface area contributed by atoms with Gasteiger partial charge in [0.05, 0.1) is 6.04 Å². The highest BCUT2D eigenvalue weighted by Gasteiger charge is 2.13. The number of aromatic nitrogens is 3. The Morgan fingerprint density at radius 1 is 1.21 bits per heavy atom. The fourth-order valence-corrected chi connectivity index (χ4v) is 1.91. The van der Waals surface area contributed by atoms with Gasteiger partial charge in [-0.05, 0) is 23.5 Å². The zero-order valence-corrected chi connectivity index (χ0v) is 12.1. The number of H-pyrrole nitrogens is 1. The lowest BCUT2D eigenvalue weighted by Gasteiger charge is -2.19. The van der Waals surface area contributed by atoms with Crippen molar-refractivity contribution in [2.24, 2.45) is 0 Å². The second-order valence-corrected chi connectivity index (χ2v) is 5.92. The van der Waals surface area contributed by atoms with E-state index in [2.05, 4.69) is 72.5 Å². The van der Waals surface area contributed by atoms with Gasteiger partial charge < -0.3 is 5.32 Å². The largest absolute Gasteiger partial charge is 0.303 e. The summed E-state index contributed by atoms with van der Waals surface area (Å²) in [6, 6.07) is 8.94. The molecule has 1 aromatic heterocycles. The summed E-state index contributed by atoms with van der Waals surface area (Å²) in [6.07, 6.45) is 1.53. The molecule has 0 bridgehead atoms. The molecule has 0 aliphatic heterocycles. The predicted molar refractivity (Wildman–Crippen MR) is 76.8 cm³/mol. The molecule has 2 N–H and O–H groups in total. The first-order valence-electron chi connectivity index (χ1n) is 6.65. The molecule has 1 heterocycles. The fraction of sp³-hybridized carbons (Fsp3) is 0.467. The molecular weight excluding hydrogens is 236 g/mol. The van der Waals surface area contributed by atoms with Gasteiger partial charge in [-0.2, -0.15) is 5.10 Å². The van der Waals surface area contributed by atoms with E-state index in [1.807, 2.05) is 0 Å². The van der Waals surface area contributed by atoms with E-state index in [0.29, 0.717) is 0 Å². The Hall–Kier alpha value is -1.68. The second-order valence-electron chi connectivity index (χ2n) is 5.92. The molecule has 2 aromatic rings. The summed E-state index contributed by atoms with van der Waals surface area (Å²) < 4.78 is 0. The van der Waals surface area contributed by atoms with Crippen LogP contribution in [0.3, 0.4) is 0 Å². The zero-order chi connectivity index (χ0) is 13.9. The average molecular weight is 258 g/mol. The van der Waals surface area contributed by atoms with Gasteiger partial charge in [-0.3, -0.25) is 5.10 Å². The third-order valence-electron chi connectivity index (χ3n) is 3.28. The molecule has 2 rings (SSSR count). The van der Waals surface area contributed by atoms with Crippen LogP contribution in [0.15, 0.2) is 30.6 Å². The second kappa shape index (κ2) is 5.53. The van der Waals surface area contributed by atoms with Gasteiger partial charge in [-0.15, -0.1) is 0 Å². The van der Waals surface area contributed by atoms with Crippen LogP contribution in [0.5, 0.6) is 0 Å². The van der Waals surface area contributed by atoms with Crippen molar-refractivity contribution < 1.29 is 0 Å². The summed E-state index contributed by atoms with van der Waals surface area (Å²) in [5, 5.41) is 10.2. The summed E-state index contributed by atoms with van der Waals surface area (Å²) in [5.41, 5.74) is 2.85. The van der Waals surface area contributed by atoms with Gasteiger partial charge in [0.25, 0.3) is 0 Å². The topological polar surface area (TPSA) is 53.6 Å². The summed E-state index contributed by atoms with van der Waals surface area (Å²) in [5.74, 6) is 0.867. The normalized spacial score (nSPS) is 13.5. The van der Waals surface area contributed by atoms with Crippen LogP contribution in [0.25, 0.3) is 0 Å². The minimum Gasteiger partial charge on any atom is -0.303 e. The molecule has 0 radical (unpaired) electrons. The first-order chi connectivity index (χ1) is 8.97. The third-order valence-corrected chi connectivity index (χ3v) is 3.28. The molecule has 0 aliphatic rings. The van der Waals surface area contributed by atoms with Crippen LogP contribution in [-0.4, -0.2) is 15.2 Å². The van der Waals surface area contributed by atoms with Crippen molar-refractivity contribution in [1.29, 1.82) is 0 Å². The number of hydrogen-bond donors (Lipinski definition) is 2. The van der Waals surface area contributed by atoms with Crippen molar-refractivity contribution in [1.82, 2.24) is 20.5 Å². The minimum absolute atomic E-state index is 0.171. The van der Waals surface area contributed by atoms with Gasteiger partial charge in [0.2, 0.25) is 0 Å². The first kappa shape index (κ1) is 13.7. The van der Waals surface area contributed by atoms with Crippen LogP contribution in [0.1, 0.15) is 50.7 Å². The molecule has 0 saturated carbocycles. The van der Waals surface area contributed by atoms with E-state index in [9.17, 15) is 0 Å². The molecule has 4 nitrogen and oxygen atoms in total. The fourth-order valence-electron chi connectivity index (χ4n) is 1.91. The Labute approximate surface area is 114 Å². The quantitative estimate of drug-likeness (QED) is 0.886. The maximum Gasteiger partial charge on any atom is 0.141 e. The molecule has 0 aliphatic carbocycles. The standard InChI is InChI=1S/C15H22N4/c1-11(14-17-10-18-19-14)16-9-12-5-7-13(8-6-12)15(2,3)4/h5-8,10-11,16H,9H2,1-4H3,(H,17,18,19). The van der Waals surface area contributed by atoms with Crippen LogP contribution in [-0.2, 0) is 12.0 Å². The number of hydrogen-bond acceptors (Lipinski definition) is 3. The Bertz CT molecular complexity index is 494. The highest BCUT2D eigenvalue weighted by Crippen LogP contribution is 2.22. The van der Waals surface area contributed by atoms with E-state index in [1.54, 1.807) is 0 Å². The molecule has 19 heavy (non-hydrogen) atoms. The molecule has 1 atom stereocenters. The Kier molecular flexibility index (Phi) is 4.00. The zero-order valence-electron chi connectivity index (χ0n) is 12.1. The van der Waals surface area contributed by atoms with Crippen LogP contribution in [0.2, 0.25) is 0 Å². The van der Waals surface area contributed by atoms with Crippen molar-refractivity contribution in [2.75, 3.05) is 0 Å². The summed E-state index contributed by atoms with van der Waals surface area (Å²) in [4.78, 5) is 4.15. The molecule has 1 unspecified atom stereocenters. The Morgan fingerprint density at radius 2 is 1.89 bits per heavy atom. The van der Waals surface area contributed by atoms with Crippen LogP contribution < -0.4 is 5.32 Å². The third kappa shape index (κ3) is 3.64. The molecule has 4 heteroatoms. The lowest BCUT2D eigenvalue weighted by molar-refractivity contribution is 0.547. The van der Waals surface area contributed by atoms with Crippen LogP contribution in [0, 0.1) is 0 Å². The minimum atomic E-state index is 0.171. The summed E-state index contributed by atoms with van der Waals surface area (Å²) in [6.45, 7) is 9.58. The molecule has 0 fully saturated rings. The average Bonchev–Trinajstić information content (AvgIpc) is 2.89. The monoisotopic (exact) mass is 258 g/mol. The van der Waals surface area contributed by atoms with Crippen molar-refractivity contribution in [2.45, 2.75) is 45.7 Å². The summed E-state index contributed by atoms with van der Waals surface area (Å²) in [7, 11) is 0. The van der Waals surface area contributed by atoms with Crippen molar-refractivity contribution in [3.05, 3.63) is 47.5 Å². The highest BCUT2D eigenvalue weighted by molar-refractivity contribution is 5.27. The SMILES string of the molecule is CC(NCc1ccc(C(C)(C)C)cc1)c1ncn[nH]1. The lowest BCUT2D eigenvalue weighted by atomic mass is 9.87. The van der Waals surface area contributed by atoms with E-state index >= 15 is 0 Å². The van der Waals surface area contributed by atoms with Gasteiger partial charge in [-0.25, -0.2) is 4.98 Å². The number of aromatic amines is 1. The number of benzene rings is 1. The number of rotatable bonds is 4. The number of nitrogens with one attached hydrogen (secondary N) is 2. The van der Waals surface area contributed by atoms with Crippen molar-refractivity contribution in [3.63, 3.8) is 0 Å². The Balaban J connectivity index is 1.93. The molecule has 0 spiro atoms. The van der Waals surface area contributed by atoms with E-state index in [4.69, 9.17) is 0 Å². The van der Waals surface area contributed by atoms with Crippen LogP contribution in [0.4, 0.5) is 0 Å². The lowest BCUT2D eigenvalue weighted by Crippen LogP contribution is -2.19. The predicted octanol–water partition coefficient (Wildman–Crippen LogP) is 2.95. The number of nitrogens with zero attached hydrogens (tertiary/aromatic N) is 2. The maximum atomic E-state index is 4.15.